The minimum Gasteiger partial charge on any atom is -0.491 e. The van der Waals surface area contributed by atoms with E-state index in [1.807, 2.05) is 43.3 Å². The Labute approximate surface area is 139 Å². The van der Waals surface area contributed by atoms with Crippen molar-refractivity contribution in [3.63, 3.8) is 0 Å². The van der Waals surface area contributed by atoms with Crippen LogP contribution in [-0.4, -0.2) is 21.6 Å². The summed E-state index contributed by atoms with van der Waals surface area (Å²) in [6.07, 6.45) is 0. The second-order valence-electron chi connectivity index (χ2n) is 4.95. The van der Waals surface area contributed by atoms with Crippen LogP contribution in [0.25, 0.3) is 0 Å². The Morgan fingerprint density at radius 2 is 1.86 bits per heavy atom. The summed E-state index contributed by atoms with van der Waals surface area (Å²) in [5, 5.41) is 0. The number of hydrogen-bond donors (Lipinski definition) is 1. The molecule has 0 atom stereocenters. The van der Waals surface area contributed by atoms with E-state index in [9.17, 15) is 8.42 Å². The third-order valence-electron chi connectivity index (χ3n) is 3.12. The highest BCUT2D eigenvalue weighted by molar-refractivity contribution is 9.10. The number of sulfonamides is 1. The van der Waals surface area contributed by atoms with Crippen molar-refractivity contribution in [2.75, 3.05) is 13.2 Å². The second-order valence-corrected chi connectivity index (χ2v) is 7.54. The lowest BCUT2D eigenvalue weighted by molar-refractivity contribution is 0.321. The first-order valence-corrected chi connectivity index (χ1v) is 9.12. The summed E-state index contributed by atoms with van der Waals surface area (Å²) in [5.74, 6) is 0.688. The van der Waals surface area contributed by atoms with Crippen molar-refractivity contribution in [2.45, 2.75) is 18.7 Å². The molecule has 0 bridgehead atoms. The van der Waals surface area contributed by atoms with E-state index in [0.717, 1.165) is 15.6 Å². The Kier molecular flexibility index (Phi) is 5.61. The zero-order valence-electron chi connectivity index (χ0n) is 12.5. The van der Waals surface area contributed by atoms with Gasteiger partial charge in [0.05, 0.1) is 9.37 Å². The van der Waals surface area contributed by atoms with Gasteiger partial charge in [-0.25, -0.2) is 13.1 Å². The van der Waals surface area contributed by atoms with Crippen LogP contribution in [0.5, 0.6) is 5.75 Å². The van der Waals surface area contributed by atoms with Crippen LogP contribution in [0, 0.1) is 13.8 Å². The van der Waals surface area contributed by atoms with Crippen LogP contribution in [0.2, 0.25) is 0 Å². The maximum atomic E-state index is 12.3. The fourth-order valence-electron chi connectivity index (χ4n) is 1.97. The zero-order valence-corrected chi connectivity index (χ0v) is 14.9. The van der Waals surface area contributed by atoms with E-state index < -0.39 is 10.0 Å². The molecule has 0 saturated carbocycles. The van der Waals surface area contributed by atoms with Gasteiger partial charge in [0.1, 0.15) is 12.4 Å². The van der Waals surface area contributed by atoms with Crippen molar-refractivity contribution in [3.8, 4) is 5.75 Å². The molecule has 2 rings (SSSR count). The molecule has 0 fully saturated rings. The van der Waals surface area contributed by atoms with Gasteiger partial charge in [-0.2, -0.15) is 0 Å². The fraction of sp³-hybridized carbons (Fsp3) is 0.250. The molecule has 0 heterocycles. The number of ether oxygens (including phenoxy) is 1. The average molecular weight is 384 g/mol. The van der Waals surface area contributed by atoms with E-state index in [-0.39, 0.29) is 13.2 Å². The van der Waals surface area contributed by atoms with Gasteiger partial charge in [0.2, 0.25) is 10.0 Å². The minimum atomic E-state index is -3.52. The van der Waals surface area contributed by atoms with E-state index in [4.69, 9.17) is 4.74 Å². The van der Waals surface area contributed by atoms with Crippen molar-refractivity contribution in [1.82, 2.24) is 4.72 Å². The maximum Gasteiger partial charge on any atom is 0.240 e. The van der Waals surface area contributed by atoms with Crippen LogP contribution in [0.4, 0.5) is 0 Å². The lowest BCUT2D eigenvalue weighted by Crippen LogP contribution is -2.28. The number of nitrogens with one attached hydrogen (secondary N) is 1. The van der Waals surface area contributed by atoms with Crippen LogP contribution in [0.3, 0.4) is 0 Å². The number of hydrogen-bond acceptors (Lipinski definition) is 3. The molecule has 4 nitrogen and oxygen atoms in total. The lowest BCUT2D eigenvalue weighted by atomic mass is 10.2. The van der Waals surface area contributed by atoms with Gasteiger partial charge in [-0.1, -0.05) is 24.3 Å². The van der Waals surface area contributed by atoms with Gasteiger partial charge in [0.25, 0.3) is 0 Å². The molecule has 0 aromatic heterocycles. The monoisotopic (exact) mass is 383 g/mol. The van der Waals surface area contributed by atoms with E-state index in [0.29, 0.717) is 10.6 Å². The summed E-state index contributed by atoms with van der Waals surface area (Å²) in [6.45, 7) is 4.11. The van der Waals surface area contributed by atoms with Crippen molar-refractivity contribution in [2.24, 2.45) is 0 Å². The quantitative estimate of drug-likeness (QED) is 0.777. The third kappa shape index (κ3) is 4.32. The molecular weight excluding hydrogens is 366 g/mol. The first-order chi connectivity index (χ1) is 10.4. The Hall–Kier alpha value is -1.37. The molecule has 0 radical (unpaired) electrons. The van der Waals surface area contributed by atoms with E-state index >= 15 is 0 Å². The van der Waals surface area contributed by atoms with Crippen molar-refractivity contribution >= 4 is 26.0 Å². The van der Waals surface area contributed by atoms with Gasteiger partial charge in [0.15, 0.2) is 0 Å². The molecule has 0 unspecified atom stereocenters. The number of aryl methyl sites for hydroxylation is 2. The van der Waals surface area contributed by atoms with Crippen LogP contribution >= 0.6 is 15.9 Å². The number of benzene rings is 2. The van der Waals surface area contributed by atoms with Crippen LogP contribution in [-0.2, 0) is 10.0 Å². The van der Waals surface area contributed by atoms with Gasteiger partial charge in [-0.05, 0) is 59.1 Å². The zero-order chi connectivity index (χ0) is 16.2. The SMILES string of the molecule is Cc1ccc(C)c(S(=O)(=O)NCCOc2ccccc2Br)c1. The first-order valence-electron chi connectivity index (χ1n) is 6.84. The van der Waals surface area contributed by atoms with Crippen LogP contribution in [0.15, 0.2) is 51.8 Å². The summed E-state index contributed by atoms with van der Waals surface area (Å²) in [5.41, 5.74) is 1.64. The van der Waals surface area contributed by atoms with Gasteiger partial charge >= 0.3 is 0 Å². The summed E-state index contributed by atoms with van der Waals surface area (Å²) in [7, 11) is -3.52. The Morgan fingerprint density at radius 3 is 2.59 bits per heavy atom. The van der Waals surface area contributed by atoms with Gasteiger partial charge in [0, 0.05) is 6.54 Å². The summed E-state index contributed by atoms with van der Waals surface area (Å²) < 4.78 is 33.6. The molecule has 2 aromatic carbocycles. The van der Waals surface area contributed by atoms with Crippen LogP contribution in [0.1, 0.15) is 11.1 Å². The topological polar surface area (TPSA) is 55.4 Å². The van der Waals surface area contributed by atoms with E-state index in [1.54, 1.807) is 13.0 Å². The van der Waals surface area contributed by atoms with Gasteiger partial charge in [-0.15, -0.1) is 0 Å². The Balaban J connectivity index is 1.96. The van der Waals surface area contributed by atoms with E-state index in [1.165, 1.54) is 0 Å². The molecule has 0 saturated heterocycles. The largest absolute Gasteiger partial charge is 0.491 e. The maximum absolute atomic E-state index is 12.3. The normalized spacial score (nSPS) is 11.4. The third-order valence-corrected chi connectivity index (χ3v) is 5.38. The second kappa shape index (κ2) is 7.26. The fourth-order valence-corrected chi connectivity index (χ4v) is 3.71. The Bertz CT molecular complexity index is 760. The minimum absolute atomic E-state index is 0.205. The van der Waals surface area contributed by atoms with Gasteiger partial charge in [-0.3, -0.25) is 0 Å². The predicted octanol–water partition coefficient (Wildman–Crippen LogP) is 3.42. The molecule has 2 aromatic rings. The molecule has 0 amide bonds. The molecule has 118 valence electrons. The van der Waals surface area contributed by atoms with Crippen molar-refractivity contribution < 1.29 is 13.2 Å². The molecule has 0 spiro atoms. The molecule has 1 N–H and O–H groups in total. The van der Waals surface area contributed by atoms with Crippen molar-refractivity contribution in [1.29, 1.82) is 0 Å². The van der Waals surface area contributed by atoms with E-state index in [2.05, 4.69) is 20.7 Å². The van der Waals surface area contributed by atoms with Crippen LogP contribution < -0.4 is 9.46 Å². The van der Waals surface area contributed by atoms with Gasteiger partial charge < -0.3 is 4.74 Å². The average Bonchev–Trinajstić information content (AvgIpc) is 2.48. The number of halogens is 1. The van der Waals surface area contributed by atoms with Crippen molar-refractivity contribution in [3.05, 3.63) is 58.1 Å². The summed E-state index contributed by atoms with van der Waals surface area (Å²) in [6, 6.07) is 12.8. The molecule has 0 aliphatic rings. The molecular formula is C16H18BrNO3S. The molecule has 6 heteroatoms. The highest BCUT2D eigenvalue weighted by Gasteiger charge is 2.16. The first kappa shape index (κ1) is 17.0. The molecule has 22 heavy (non-hydrogen) atoms. The highest BCUT2D eigenvalue weighted by Crippen LogP contribution is 2.23. The summed E-state index contributed by atoms with van der Waals surface area (Å²) >= 11 is 3.38. The summed E-state index contributed by atoms with van der Waals surface area (Å²) in [4.78, 5) is 0.313. The molecule has 0 aliphatic heterocycles. The smallest absolute Gasteiger partial charge is 0.240 e. The highest BCUT2D eigenvalue weighted by atomic mass is 79.9. The number of para-hydroxylation sites is 1. The Morgan fingerprint density at radius 1 is 1.14 bits per heavy atom. The number of rotatable bonds is 6. The lowest BCUT2D eigenvalue weighted by Gasteiger charge is -2.11. The predicted molar refractivity (Wildman–Crippen MR) is 90.7 cm³/mol. The standard InChI is InChI=1S/C16H18BrNO3S/c1-12-7-8-13(2)16(11-12)22(19,20)18-9-10-21-15-6-4-3-5-14(15)17/h3-8,11,18H,9-10H2,1-2H3. The molecule has 0 aliphatic carbocycles.